The first-order valence-electron chi connectivity index (χ1n) is 12.0. The Hall–Kier alpha value is -3.71. The molecule has 0 aliphatic rings. The highest BCUT2D eigenvalue weighted by atomic mass is 16.5. The topological polar surface area (TPSA) is 116 Å². The lowest BCUT2D eigenvalue weighted by molar-refractivity contribution is -0.121. The molecule has 0 aliphatic heterocycles. The van der Waals surface area contributed by atoms with Crippen LogP contribution in [0.1, 0.15) is 48.3 Å². The van der Waals surface area contributed by atoms with Crippen molar-refractivity contribution in [3.63, 3.8) is 0 Å². The molecule has 0 saturated heterocycles. The fraction of sp³-hybridized carbons (Fsp3) is 0.345. The second-order valence-corrected chi connectivity index (χ2v) is 8.95. The van der Waals surface area contributed by atoms with Crippen molar-refractivity contribution in [3.8, 4) is 28.7 Å². The monoisotopic (exact) mass is 494 g/mol. The van der Waals surface area contributed by atoms with Crippen LogP contribution in [0, 0.1) is 0 Å². The van der Waals surface area contributed by atoms with Crippen LogP contribution in [-0.2, 0) is 17.6 Å². The van der Waals surface area contributed by atoms with E-state index >= 15 is 0 Å². The van der Waals surface area contributed by atoms with Crippen LogP contribution in [0.15, 0.2) is 60.7 Å². The van der Waals surface area contributed by atoms with Crippen LogP contribution in [-0.4, -0.2) is 46.5 Å². The number of ketones is 1. The van der Waals surface area contributed by atoms with E-state index in [0.29, 0.717) is 25.0 Å². The van der Waals surface area contributed by atoms with Gasteiger partial charge in [0.1, 0.15) is 5.78 Å². The first kappa shape index (κ1) is 26.9. The van der Waals surface area contributed by atoms with Crippen LogP contribution in [0.25, 0.3) is 0 Å². The highest BCUT2D eigenvalue weighted by molar-refractivity contribution is 5.79. The number of rotatable bonds is 13. The van der Waals surface area contributed by atoms with Crippen LogP contribution in [0.5, 0.6) is 28.7 Å². The molecule has 0 saturated carbocycles. The van der Waals surface area contributed by atoms with Crippen molar-refractivity contribution < 1.29 is 34.7 Å². The third-order valence-electron chi connectivity index (χ3n) is 6.35. The Labute approximate surface area is 211 Å². The van der Waals surface area contributed by atoms with Crippen molar-refractivity contribution in [2.24, 2.45) is 0 Å². The zero-order valence-electron chi connectivity index (χ0n) is 20.7. The summed E-state index contributed by atoms with van der Waals surface area (Å²) >= 11 is 0. The van der Waals surface area contributed by atoms with Gasteiger partial charge in [0.2, 0.25) is 5.75 Å². The quantitative estimate of drug-likeness (QED) is 0.250. The summed E-state index contributed by atoms with van der Waals surface area (Å²) in [6, 6.07) is 18.1. The van der Waals surface area contributed by atoms with Crippen molar-refractivity contribution in [1.29, 1.82) is 0 Å². The van der Waals surface area contributed by atoms with E-state index in [2.05, 4.69) is 0 Å². The number of methoxy groups -OCH3 is 2. The van der Waals surface area contributed by atoms with E-state index in [1.165, 1.54) is 26.4 Å². The molecular weight excluding hydrogens is 460 g/mol. The van der Waals surface area contributed by atoms with Gasteiger partial charge >= 0.3 is 0 Å². The largest absolute Gasteiger partial charge is 0.504 e. The lowest BCUT2D eigenvalue weighted by Gasteiger charge is -2.22. The summed E-state index contributed by atoms with van der Waals surface area (Å²) in [5.74, 6) is -0.300. The van der Waals surface area contributed by atoms with Gasteiger partial charge in [0.05, 0.1) is 20.3 Å². The van der Waals surface area contributed by atoms with E-state index in [9.17, 15) is 25.2 Å². The smallest absolute Gasteiger partial charge is 0.200 e. The average Bonchev–Trinajstić information content (AvgIpc) is 2.88. The first-order chi connectivity index (χ1) is 17.3. The van der Waals surface area contributed by atoms with Crippen molar-refractivity contribution in [2.45, 2.75) is 50.5 Å². The number of aliphatic hydroxyl groups excluding tert-OH is 1. The standard InChI is InChI=1S/C29H34O7/c1-35-27-14-20(10-13-25(27)32)9-12-23(30)18-24(31)15-21(11-8-19-6-4-3-5-7-19)22-16-26(33)29(34)28(17-22)36-2/h3-7,10,13-14,16-17,21,24,31-34H,8-9,11-12,15,18H2,1-2H3. The van der Waals surface area contributed by atoms with Crippen molar-refractivity contribution in [1.82, 2.24) is 0 Å². The Balaban J connectivity index is 1.66. The molecule has 2 atom stereocenters. The normalized spacial score (nSPS) is 12.6. The molecule has 0 radical (unpaired) electrons. The van der Waals surface area contributed by atoms with Gasteiger partial charge in [-0.1, -0.05) is 36.4 Å². The Morgan fingerprint density at radius 2 is 1.56 bits per heavy atom. The van der Waals surface area contributed by atoms with Crippen LogP contribution < -0.4 is 9.47 Å². The lowest BCUT2D eigenvalue weighted by Crippen LogP contribution is -2.18. The summed E-state index contributed by atoms with van der Waals surface area (Å²) in [5.41, 5.74) is 2.73. The molecular formula is C29H34O7. The summed E-state index contributed by atoms with van der Waals surface area (Å²) in [5, 5.41) is 40.7. The van der Waals surface area contributed by atoms with Gasteiger partial charge < -0.3 is 29.9 Å². The fourth-order valence-corrected chi connectivity index (χ4v) is 4.35. The molecule has 36 heavy (non-hydrogen) atoms. The maximum absolute atomic E-state index is 12.6. The molecule has 2 unspecified atom stereocenters. The molecule has 7 nitrogen and oxygen atoms in total. The van der Waals surface area contributed by atoms with E-state index in [1.54, 1.807) is 18.2 Å². The Bertz CT molecular complexity index is 1140. The molecule has 4 N–H and O–H groups in total. The minimum Gasteiger partial charge on any atom is -0.504 e. The van der Waals surface area contributed by atoms with Gasteiger partial charge in [-0.05, 0) is 72.6 Å². The Morgan fingerprint density at radius 1 is 0.833 bits per heavy atom. The van der Waals surface area contributed by atoms with Gasteiger partial charge in [-0.15, -0.1) is 0 Å². The van der Waals surface area contributed by atoms with Crippen LogP contribution in [0.4, 0.5) is 0 Å². The maximum atomic E-state index is 12.6. The molecule has 0 heterocycles. The summed E-state index contributed by atoms with van der Waals surface area (Å²) in [7, 11) is 2.88. The Kier molecular flexibility index (Phi) is 9.59. The molecule has 0 bridgehead atoms. The van der Waals surface area contributed by atoms with Gasteiger partial charge in [0.25, 0.3) is 0 Å². The number of carbonyl (C=O) groups is 1. The van der Waals surface area contributed by atoms with E-state index in [-0.39, 0.29) is 47.5 Å². The predicted molar refractivity (Wildman–Crippen MR) is 137 cm³/mol. The molecule has 3 rings (SSSR count). The number of hydrogen-bond donors (Lipinski definition) is 4. The number of aryl methyl sites for hydroxylation is 2. The third kappa shape index (κ3) is 7.39. The second kappa shape index (κ2) is 12.8. The number of phenolic OH excluding ortho intramolecular Hbond substituents is 3. The summed E-state index contributed by atoms with van der Waals surface area (Å²) in [6.07, 6.45) is 1.62. The maximum Gasteiger partial charge on any atom is 0.200 e. The number of phenols is 3. The number of benzene rings is 3. The van der Waals surface area contributed by atoms with E-state index in [4.69, 9.17) is 9.47 Å². The minimum atomic E-state index is -0.866. The summed E-state index contributed by atoms with van der Waals surface area (Å²) in [6.45, 7) is 0. The predicted octanol–water partition coefficient (Wildman–Crippen LogP) is 4.88. The molecule has 3 aromatic rings. The minimum absolute atomic E-state index is 0.0122. The highest BCUT2D eigenvalue weighted by Crippen LogP contribution is 2.40. The number of aromatic hydroxyl groups is 3. The summed E-state index contributed by atoms with van der Waals surface area (Å²) in [4.78, 5) is 12.6. The number of aliphatic hydroxyl groups is 1. The average molecular weight is 495 g/mol. The number of ether oxygens (including phenoxy) is 2. The highest BCUT2D eigenvalue weighted by Gasteiger charge is 2.22. The number of carbonyl (C=O) groups excluding carboxylic acids is 1. The number of Topliss-reactive ketones (excluding diaryl/α,β-unsaturated/α-hetero) is 1. The van der Waals surface area contributed by atoms with Crippen LogP contribution in [0.3, 0.4) is 0 Å². The zero-order valence-corrected chi connectivity index (χ0v) is 20.7. The van der Waals surface area contributed by atoms with Gasteiger partial charge in [-0.3, -0.25) is 4.79 Å². The van der Waals surface area contributed by atoms with Gasteiger partial charge in [0.15, 0.2) is 23.0 Å². The third-order valence-corrected chi connectivity index (χ3v) is 6.35. The molecule has 7 heteroatoms. The van der Waals surface area contributed by atoms with Crippen molar-refractivity contribution in [3.05, 3.63) is 77.4 Å². The van der Waals surface area contributed by atoms with Crippen molar-refractivity contribution >= 4 is 5.78 Å². The van der Waals surface area contributed by atoms with E-state index in [0.717, 1.165) is 23.1 Å². The summed E-state index contributed by atoms with van der Waals surface area (Å²) < 4.78 is 10.3. The van der Waals surface area contributed by atoms with Crippen LogP contribution in [0.2, 0.25) is 0 Å². The fourth-order valence-electron chi connectivity index (χ4n) is 4.35. The van der Waals surface area contributed by atoms with E-state index < -0.39 is 6.10 Å². The zero-order chi connectivity index (χ0) is 26.1. The molecule has 0 amide bonds. The molecule has 0 aromatic heterocycles. The Morgan fingerprint density at radius 3 is 2.25 bits per heavy atom. The van der Waals surface area contributed by atoms with E-state index in [1.807, 2.05) is 30.3 Å². The molecule has 192 valence electrons. The van der Waals surface area contributed by atoms with Gasteiger partial charge in [-0.25, -0.2) is 0 Å². The SMILES string of the molecule is COc1cc(CCC(=O)CC(O)CC(CCc2ccccc2)c2cc(O)c(O)c(OC)c2)ccc1O. The molecule has 0 aliphatic carbocycles. The lowest BCUT2D eigenvalue weighted by atomic mass is 9.86. The molecule has 0 fully saturated rings. The number of hydrogen-bond acceptors (Lipinski definition) is 7. The van der Waals surface area contributed by atoms with Crippen LogP contribution >= 0.6 is 0 Å². The van der Waals surface area contributed by atoms with Gasteiger partial charge in [0, 0.05) is 12.8 Å². The van der Waals surface area contributed by atoms with Gasteiger partial charge in [-0.2, -0.15) is 0 Å². The molecule has 0 spiro atoms. The first-order valence-corrected chi connectivity index (χ1v) is 12.0. The second-order valence-electron chi connectivity index (χ2n) is 8.95. The van der Waals surface area contributed by atoms with Crippen molar-refractivity contribution in [2.75, 3.05) is 14.2 Å². The molecule has 3 aromatic carbocycles.